The average molecular weight is 269 g/mol. The minimum absolute atomic E-state index is 0.102. The number of hydrogen-bond donors (Lipinski definition) is 1. The number of nitrogens with zero attached hydrogens (tertiary/aromatic N) is 1. The predicted octanol–water partition coefficient (Wildman–Crippen LogP) is 2.20. The third-order valence-corrected chi connectivity index (χ3v) is 4.17. The molecule has 0 aromatic rings. The highest BCUT2D eigenvalue weighted by Gasteiger charge is 2.51. The quantitative estimate of drug-likeness (QED) is 0.778. The fraction of sp³-hybridized carbons (Fsp3) is 0.867. The van der Waals surface area contributed by atoms with Gasteiger partial charge in [0.2, 0.25) is 11.8 Å². The van der Waals surface area contributed by atoms with E-state index < -0.39 is 11.0 Å². The summed E-state index contributed by atoms with van der Waals surface area (Å²) < 4.78 is 0. The smallest absolute Gasteiger partial charge is 0.235 e. The number of amides is 2. The molecule has 0 radical (unpaired) electrons. The first-order valence-corrected chi connectivity index (χ1v) is 7.07. The lowest BCUT2D eigenvalue weighted by atomic mass is 9.78. The molecule has 110 valence electrons. The molecule has 0 aromatic carbocycles. The maximum atomic E-state index is 12.4. The molecule has 1 rings (SSSR count). The van der Waals surface area contributed by atoms with Crippen LogP contribution in [0.1, 0.15) is 54.4 Å². The largest absolute Gasteiger partial charge is 0.388 e. The van der Waals surface area contributed by atoms with Gasteiger partial charge < -0.3 is 5.11 Å². The highest BCUT2D eigenvalue weighted by atomic mass is 16.3. The van der Waals surface area contributed by atoms with Gasteiger partial charge in [-0.3, -0.25) is 14.5 Å². The molecule has 0 spiro atoms. The number of hydrogen-bond acceptors (Lipinski definition) is 3. The molecule has 2 amide bonds. The Morgan fingerprint density at radius 2 is 1.84 bits per heavy atom. The molecule has 1 heterocycles. The maximum Gasteiger partial charge on any atom is 0.235 e. The Bertz CT molecular complexity index is 374. The molecule has 1 fully saturated rings. The van der Waals surface area contributed by atoms with Crippen molar-refractivity contribution in [2.24, 2.45) is 17.3 Å². The number of rotatable bonds is 5. The van der Waals surface area contributed by atoms with Crippen LogP contribution in [0.3, 0.4) is 0 Å². The summed E-state index contributed by atoms with van der Waals surface area (Å²) in [6.07, 6.45) is 0.823. The summed E-state index contributed by atoms with van der Waals surface area (Å²) in [6.45, 7) is 11.6. The second-order valence-electron chi connectivity index (χ2n) is 7.13. The summed E-state index contributed by atoms with van der Waals surface area (Å²) >= 11 is 0. The highest BCUT2D eigenvalue weighted by molar-refractivity contribution is 6.05. The van der Waals surface area contributed by atoms with E-state index in [1.165, 1.54) is 4.90 Å². The summed E-state index contributed by atoms with van der Waals surface area (Å²) in [6, 6.07) is 0. The molecular formula is C15H27NO3. The van der Waals surface area contributed by atoms with E-state index in [0.717, 1.165) is 0 Å². The summed E-state index contributed by atoms with van der Waals surface area (Å²) in [5, 5.41) is 10.3. The van der Waals surface area contributed by atoms with Gasteiger partial charge in [0.1, 0.15) is 0 Å². The van der Waals surface area contributed by atoms with Crippen LogP contribution >= 0.6 is 0 Å². The first-order valence-electron chi connectivity index (χ1n) is 7.07. The Balaban J connectivity index is 2.86. The van der Waals surface area contributed by atoms with Crippen LogP contribution in [0.25, 0.3) is 0 Å². The van der Waals surface area contributed by atoms with Crippen molar-refractivity contribution < 1.29 is 14.7 Å². The van der Waals surface area contributed by atoms with Gasteiger partial charge in [-0.15, -0.1) is 0 Å². The molecule has 0 aliphatic carbocycles. The minimum atomic E-state index is -1.01. The standard InChI is InChI=1S/C15H27NO3/c1-10(2)7-14(5,19)9-16-12(17)8-15(6,11(3)4)13(16)18/h10-11,19H,7-9H2,1-6H3. The van der Waals surface area contributed by atoms with Gasteiger partial charge in [0.05, 0.1) is 17.6 Å². The van der Waals surface area contributed by atoms with Crippen LogP contribution in [0, 0.1) is 17.3 Å². The summed E-state index contributed by atoms with van der Waals surface area (Å²) in [5.41, 5.74) is -1.63. The van der Waals surface area contributed by atoms with Gasteiger partial charge in [0.25, 0.3) is 0 Å². The molecule has 4 heteroatoms. The third-order valence-electron chi connectivity index (χ3n) is 4.17. The number of carbonyl (C=O) groups is 2. The summed E-state index contributed by atoms with van der Waals surface area (Å²) in [5.74, 6) is 0.130. The van der Waals surface area contributed by atoms with Gasteiger partial charge in [-0.2, -0.15) is 0 Å². The van der Waals surface area contributed by atoms with Gasteiger partial charge in [0.15, 0.2) is 0 Å². The fourth-order valence-electron chi connectivity index (χ4n) is 2.80. The predicted molar refractivity (Wildman–Crippen MR) is 74.4 cm³/mol. The third kappa shape index (κ3) is 3.35. The Kier molecular flexibility index (Phi) is 4.45. The molecule has 2 unspecified atom stereocenters. The highest BCUT2D eigenvalue weighted by Crippen LogP contribution is 2.40. The van der Waals surface area contributed by atoms with Gasteiger partial charge in [-0.25, -0.2) is 0 Å². The van der Waals surface area contributed by atoms with E-state index in [4.69, 9.17) is 0 Å². The van der Waals surface area contributed by atoms with Gasteiger partial charge in [-0.05, 0) is 32.1 Å². The summed E-state index contributed by atoms with van der Waals surface area (Å²) in [4.78, 5) is 25.8. The van der Waals surface area contributed by atoms with Gasteiger partial charge >= 0.3 is 0 Å². The van der Waals surface area contributed by atoms with Crippen molar-refractivity contribution in [1.82, 2.24) is 4.90 Å². The topological polar surface area (TPSA) is 57.6 Å². The van der Waals surface area contributed by atoms with Gasteiger partial charge in [0, 0.05) is 6.42 Å². The molecule has 0 aromatic heterocycles. The SMILES string of the molecule is CC(C)CC(C)(O)CN1C(=O)CC(C)(C(C)C)C1=O. The lowest BCUT2D eigenvalue weighted by Crippen LogP contribution is -2.46. The first-order chi connectivity index (χ1) is 8.49. The van der Waals surface area contributed by atoms with E-state index in [9.17, 15) is 14.7 Å². The van der Waals surface area contributed by atoms with Crippen molar-refractivity contribution in [2.75, 3.05) is 6.54 Å². The molecular weight excluding hydrogens is 242 g/mol. The molecule has 1 aliphatic rings. The Morgan fingerprint density at radius 3 is 2.21 bits per heavy atom. The van der Waals surface area contributed by atoms with E-state index in [2.05, 4.69) is 0 Å². The number of imide groups is 1. The van der Waals surface area contributed by atoms with E-state index in [-0.39, 0.29) is 30.7 Å². The Hall–Kier alpha value is -0.900. The molecule has 4 nitrogen and oxygen atoms in total. The van der Waals surface area contributed by atoms with Crippen molar-refractivity contribution in [3.63, 3.8) is 0 Å². The van der Waals surface area contributed by atoms with E-state index in [1.54, 1.807) is 6.92 Å². The normalized spacial score (nSPS) is 27.5. The number of likely N-dealkylation sites (tertiary alicyclic amines) is 1. The molecule has 0 bridgehead atoms. The number of carbonyl (C=O) groups excluding carboxylic acids is 2. The van der Waals surface area contributed by atoms with E-state index in [0.29, 0.717) is 12.3 Å². The Morgan fingerprint density at radius 1 is 1.32 bits per heavy atom. The molecule has 19 heavy (non-hydrogen) atoms. The molecule has 1 saturated heterocycles. The second kappa shape index (κ2) is 5.23. The van der Waals surface area contributed by atoms with Crippen LogP contribution < -0.4 is 0 Å². The van der Waals surface area contributed by atoms with E-state index >= 15 is 0 Å². The van der Waals surface area contributed by atoms with Crippen LogP contribution in [0.5, 0.6) is 0 Å². The molecule has 1 aliphatic heterocycles. The van der Waals surface area contributed by atoms with Crippen molar-refractivity contribution in [1.29, 1.82) is 0 Å². The number of β-amino-alcohol motifs (C(OH)–C–C–N with tert-alkyl or cyclic N) is 1. The maximum absolute atomic E-state index is 12.4. The first kappa shape index (κ1) is 16.2. The number of aliphatic hydroxyl groups is 1. The zero-order valence-corrected chi connectivity index (χ0v) is 13.0. The lowest BCUT2D eigenvalue weighted by molar-refractivity contribution is -0.146. The van der Waals surface area contributed by atoms with Crippen LogP contribution in [0.4, 0.5) is 0 Å². The van der Waals surface area contributed by atoms with Crippen LogP contribution in [0.2, 0.25) is 0 Å². The second-order valence-corrected chi connectivity index (χ2v) is 7.13. The van der Waals surface area contributed by atoms with Gasteiger partial charge in [-0.1, -0.05) is 27.7 Å². The molecule has 2 atom stereocenters. The van der Waals surface area contributed by atoms with Crippen molar-refractivity contribution in [3.8, 4) is 0 Å². The van der Waals surface area contributed by atoms with Crippen molar-refractivity contribution >= 4 is 11.8 Å². The van der Waals surface area contributed by atoms with Crippen molar-refractivity contribution in [2.45, 2.75) is 60.0 Å². The zero-order chi connectivity index (χ0) is 15.0. The molecule has 0 saturated carbocycles. The minimum Gasteiger partial charge on any atom is -0.388 e. The fourth-order valence-corrected chi connectivity index (χ4v) is 2.80. The van der Waals surface area contributed by atoms with Crippen molar-refractivity contribution in [3.05, 3.63) is 0 Å². The summed E-state index contributed by atoms with van der Waals surface area (Å²) in [7, 11) is 0. The van der Waals surface area contributed by atoms with Crippen LogP contribution in [-0.4, -0.2) is 34.0 Å². The lowest BCUT2D eigenvalue weighted by Gasteiger charge is -2.31. The van der Waals surface area contributed by atoms with E-state index in [1.807, 2.05) is 34.6 Å². The monoisotopic (exact) mass is 269 g/mol. The Labute approximate surface area is 116 Å². The van der Waals surface area contributed by atoms with Crippen LogP contribution in [0.15, 0.2) is 0 Å². The average Bonchev–Trinajstić information content (AvgIpc) is 2.41. The zero-order valence-electron chi connectivity index (χ0n) is 13.0. The molecule has 1 N–H and O–H groups in total. The van der Waals surface area contributed by atoms with Crippen LogP contribution in [-0.2, 0) is 9.59 Å².